The first-order valence-corrected chi connectivity index (χ1v) is 6.29. The molecule has 0 saturated carbocycles. The second kappa shape index (κ2) is 6.33. The van der Waals surface area contributed by atoms with Crippen LogP contribution in [0.5, 0.6) is 0 Å². The van der Waals surface area contributed by atoms with E-state index in [1.807, 2.05) is 0 Å². The van der Waals surface area contributed by atoms with Crippen LogP contribution in [0.1, 0.15) is 25.7 Å². The Labute approximate surface area is 96.7 Å². The Morgan fingerprint density at radius 3 is 2.56 bits per heavy atom. The van der Waals surface area contributed by atoms with Crippen LogP contribution >= 0.6 is 0 Å². The van der Waals surface area contributed by atoms with Gasteiger partial charge in [0.2, 0.25) is 0 Å². The summed E-state index contributed by atoms with van der Waals surface area (Å²) in [6, 6.07) is 0. The quantitative estimate of drug-likeness (QED) is 0.770. The zero-order valence-electron chi connectivity index (χ0n) is 9.74. The monoisotopic (exact) mass is 227 g/mol. The van der Waals surface area contributed by atoms with Gasteiger partial charge >= 0.3 is 0 Å². The van der Waals surface area contributed by atoms with Crippen LogP contribution in [0.4, 0.5) is 0 Å². The molecule has 0 radical (unpaired) electrons. The summed E-state index contributed by atoms with van der Waals surface area (Å²) in [6.07, 6.45) is 4.08. The van der Waals surface area contributed by atoms with Gasteiger partial charge in [-0.25, -0.2) is 0 Å². The lowest BCUT2D eigenvalue weighted by Crippen LogP contribution is -2.35. The van der Waals surface area contributed by atoms with Gasteiger partial charge < -0.3 is 14.8 Å². The maximum atomic E-state index is 11.8. The van der Waals surface area contributed by atoms with Crippen molar-refractivity contribution < 1.29 is 14.3 Å². The van der Waals surface area contributed by atoms with Crippen LogP contribution in [-0.4, -0.2) is 44.8 Å². The lowest BCUT2D eigenvalue weighted by molar-refractivity contribution is -0.132. The van der Waals surface area contributed by atoms with Crippen molar-refractivity contribution in [2.45, 2.75) is 31.8 Å². The van der Waals surface area contributed by atoms with Crippen LogP contribution < -0.4 is 5.32 Å². The summed E-state index contributed by atoms with van der Waals surface area (Å²) >= 11 is 0. The third-order valence-corrected chi connectivity index (χ3v) is 3.42. The van der Waals surface area contributed by atoms with E-state index in [9.17, 15) is 4.79 Å². The number of hydrogen-bond acceptors (Lipinski definition) is 4. The highest BCUT2D eigenvalue weighted by Crippen LogP contribution is 2.16. The number of Topliss-reactive ketones (excluding diaryl/α,β-unsaturated/α-hetero) is 1. The van der Waals surface area contributed by atoms with Gasteiger partial charge in [0, 0.05) is 19.1 Å². The van der Waals surface area contributed by atoms with Crippen molar-refractivity contribution >= 4 is 5.78 Å². The van der Waals surface area contributed by atoms with Gasteiger partial charge in [-0.2, -0.15) is 0 Å². The van der Waals surface area contributed by atoms with Crippen molar-refractivity contribution in [3.05, 3.63) is 0 Å². The Hall–Kier alpha value is -0.450. The summed E-state index contributed by atoms with van der Waals surface area (Å²) in [6.45, 7) is 3.77. The molecule has 2 aliphatic rings. The van der Waals surface area contributed by atoms with Crippen LogP contribution in [0.3, 0.4) is 0 Å². The van der Waals surface area contributed by atoms with Crippen molar-refractivity contribution in [3.8, 4) is 0 Å². The molecule has 4 nitrogen and oxygen atoms in total. The van der Waals surface area contributed by atoms with Gasteiger partial charge in [0.15, 0.2) is 5.78 Å². The number of nitrogens with one attached hydrogen (secondary N) is 1. The number of rotatable bonds is 4. The Balaban J connectivity index is 1.65. The van der Waals surface area contributed by atoms with E-state index in [0.717, 1.165) is 52.0 Å². The lowest BCUT2D eigenvalue weighted by Gasteiger charge is -2.25. The fourth-order valence-electron chi connectivity index (χ4n) is 2.30. The van der Waals surface area contributed by atoms with Crippen LogP contribution in [0.2, 0.25) is 0 Å². The third kappa shape index (κ3) is 3.54. The molecule has 0 aliphatic carbocycles. The molecule has 0 amide bonds. The zero-order chi connectivity index (χ0) is 11.2. The van der Waals surface area contributed by atoms with E-state index in [1.165, 1.54) is 0 Å². The molecular formula is C12H21NO3. The summed E-state index contributed by atoms with van der Waals surface area (Å²) in [5.74, 6) is 0.442. The van der Waals surface area contributed by atoms with E-state index < -0.39 is 0 Å². The van der Waals surface area contributed by atoms with Gasteiger partial charge in [-0.05, 0) is 38.8 Å². The van der Waals surface area contributed by atoms with E-state index in [-0.39, 0.29) is 17.8 Å². The molecule has 0 aromatic rings. The number of hydrogen-bond donors (Lipinski definition) is 1. The second-order valence-corrected chi connectivity index (χ2v) is 4.61. The predicted molar refractivity (Wildman–Crippen MR) is 60.4 cm³/mol. The van der Waals surface area contributed by atoms with Crippen molar-refractivity contribution in [2.75, 3.05) is 32.9 Å². The molecule has 2 rings (SSSR count). The van der Waals surface area contributed by atoms with Crippen LogP contribution in [0.15, 0.2) is 0 Å². The van der Waals surface area contributed by atoms with Crippen molar-refractivity contribution in [2.24, 2.45) is 5.92 Å². The molecule has 16 heavy (non-hydrogen) atoms. The molecule has 2 fully saturated rings. The first kappa shape index (κ1) is 12.0. The minimum Gasteiger partial charge on any atom is -0.381 e. The standard InChI is InChI=1S/C12H21NO3/c14-12(10-3-7-15-8-4-10)9-16-11-1-5-13-6-2-11/h10-11,13H,1-9H2. The summed E-state index contributed by atoms with van der Waals surface area (Å²) in [4.78, 5) is 11.8. The average Bonchev–Trinajstić information content (AvgIpc) is 2.38. The van der Waals surface area contributed by atoms with Crippen molar-refractivity contribution in [3.63, 3.8) is 0 Å². The molecular weight excluding hydrogens is 206 g/mol. The number of piperidine rings is 1. The van der Waals surface area contributed by atoms with Gasteiger partial charge in [0.1, 0.15) is 6.61 Å². The predicted octanol–water partition coefficient (Wildman–Crippen LogP) is 0.751. The number of ketones is 1. The molecule has 2 saturated heterocycles. The minimum absolute atomic E-state index is 0.176. The number of carbonyl (C=O) groups excluding carboxylic acids is 1. The molecule has 0 aromatic heterocycles. The summed E-state index contributed by atoms with van der Waals surface area (Å²) in [5.41, 5.74) is 0. The highest BCUT2D eigenvalue weighted by molar-refractivity contribution is 5.82. The summed E-state index contributed by atoms with van der Waals surface area (Å²) in [5, 5.41) is 3.28. The lowest BCUT2D eigenvalue weighted by atomic mass is 9.96. The van der Waals surface area contributed by atoms with E-state index in [1.54, 1.807) is 0 Å². The van der Waals surface area contributed by atoms with Crippen molar-refractivity contribution in [1.82, 2.24) is 5.32 Å². The Kier molecular flexibility index (Phi) is 4.75. The van der Waals surface area contributed by atoms with E-state index in [2.05, 4.69) is 5.32 Å². The highest BCUT2D eigenvalue weighted by atomic mass is 16.5. The maximum absolute atomic E-state index is 11.8. The first-order chi connectivity index (χ1) is 7.86. The Morgan fingerprint density at radius 2 is 1.88 bits per heavy atom. The summed E-state index contributed by atoms with van der Waals surface area (Å²) in [7, 11) is 0. The van der Waals surface area contributed by atoms with Gasteiger partial charge in [0.05, 0.1) is 6.10 Å². The minimum atomic E-state index is 0.176. The molecule has 4 heteroatoms. The van der Waals surface area contributed by atoms with E-state index >= 15 is 0 Å². The van der Waals surface area contributed by atoms with Gasteiger partial charge in [-0.1, -0.05) is 0 Å². The average molecular weight is 227 g/mol. The third-order valence-electron chi connectivity index (χ3n) is 3.42. The maximum Gasteiger partial charge on any atom is 0.161 e. The smallest absolute Gasteiger partial charge is 0.161 e. The molecule has 1 N–H and O–H groups in total. The molecule has 0 aromatic carbocycles. The summed E-state index contributed by atoms with van der Waals surface area (Å²) < 4.78 is 10.9. The molecule has 0 unspecified atom stereocenters. The first-order valence-electron chi connectivity index (χ1n) is 6.29. The molecule has 92 valence electrons. The number of ether oxygens (including phenoxy) is 2. The highest BCUT2D eigenvalue weighted by Gasteiger charge is 2.23. The van der Waals surface area contributed by atoms with Crippen LogP contribution in [-0.2, 0) is 14.3 Å². The molecule has 2 aliphatic heterocycles. The largest absolute Gasteiger partial charge is 0.381 e. The number of carbonyl (C=O) groups is 1. The molecule has 2 heterocycles. The zero-order valence-corrected chi connectivity index (χ0v) is 9.74. The Morgan fingerprint density at radius 1 is 1.19 bits per heavy atom. The van der Waals surface area contributed by atoms with Crippen molar-refractivity contribution in [1.29, 1.82) is 0 Å². The van der Waals surface area contributed by atoms with E-state index in [0.29, 0.717) is 6.61 Å². The SMILES string of the molecule is O=C(COC1CCNCC1)C1CCOCC1. The normalized spacial score (nSPS) is 24.5. The second-order valence-electron chi connectivity index (χ2n) is 4.61. The Bertz CT molecular complexity index is 220. The van der Waals surface area contributed by atoms with E-state index in [4.69, 9.17) is 9.47 Å². The fourth-order valence-corrected chi connectivity index (χ4v) is 2.30. The van der Waals surface area contributed by atoms with Crippen LogP contribution in [0.25, 0.3) is 0 Å². The molecule has 0 bridgehead atoms. The topological polar surface area (TPSA) is 47.6 Å². The molecule has 0 spiro atoms. The van der Waals surface area contributed by atoms with Gasteiger partial charge in [-0.15, -0.1) is 0 Å². The molecule has 0 atom stereocenters. The fraction of sp³-hybridized carbons (Fsp3) is 0.917. The van der Waals surface area contributed by atoms with Crippen LogP contribution in [0, 0.1) is 5.92 Å². The van der Waals surface area contributed by atoms with Gasteiger partial charge in [-0.3, -0.25) is 4.79 Å². The van der Waals surface area contributed by atoms with Gasteiger partial charge in [0.25, 0.3) is 0 Å².